The van der Waals surface area contributed by atoms with Crippen molar-refractivity contribution in [3.05, 3.63) is 82.9 Å². The molecule has 4 nitrogen and oxygen atoms in total. The summed E-state index contributed by atoms with van der Waals surface area (Å²) in [5.41, 5.74) is 5.54. The van der Waals surface area contributed by atoms with Crippen LogP contribution in [0.4, 0.5) is 5.69 Å². The maximum absolute atomic E-state index is 12.2. The average molecular weight is 408 g/mol. The Kier molecular flexibility index (Phi) is 10.9. The van der Waals surface area contributed by atoms with Crippen LogP contribution in [0.2, 0.25) is 0 Å². The molecule has 0 aromatic heterocycles. The number of aromatic carboxylic acids is 1. The summed E-state index contributed by atoms with van der Waals surface area (Å²) in [7, 11) is 0. The summed E-state index contributed by atoms with van der Waals surface area (Å²) in [6.07, 6.45) is 6.88. The van der Waals surface area contributed by atoms with Crippen LogP contribution in [0.3, 0.4) is 0 Å². The molecule has 2 aromatic carbocycles. The van der Waals surface area contributed by atoms with Crippen molar-refractivity contribution >= 4 is 23.1 Å². The topological polar surface area (TPSA) is 66.4 Å². The molecular weight excluding hydrogens is 374 g/mol. The molecule has 0 unspecified atom stereocenters. The zero-order valence-electron chi connectivity index (χ0n) is 18.7. The van der Waals surface area contributed by atoms with Gasteiger partial charge in [-0.25, -0.2) is 4.79 Å². The third-order valence-corrected chi connectivity index (χ3v) is 4.42. The van der Waals surface area contributed by atoms with Gasteiger partial charge in [0, 0.05) is 11.8 Å². The fraction of sp³-hybridized carbons (Fsp3) is 0.308. The number of amides is 1. The van der Waals surface area contributed by atoms with Crippen molar-refractivity contribution in [3.63, 3.8) is 0 Å². The quantitative estimate of drug-likeness (QED) is 0.551. The Labute approximate surface area is 180 Å². The Morgan fingerprint density at radius 1 is 0.933 bits per heavy atom. The van der Waals surface area contributed by atoms with Gasteiger partial charge in [0.05, 0.1) is 5.56 Å². The van der Waals surface area contributed by atoms with E-state index in [-0.39, 0.29) is 11.5 Å². The Bertz CT molecular complexity index is 893. The number of carboxylic acids is 1. The highest BCUT2D eigenvalue weighted by Gasteiger charge is 2.13. The molecule has 30 heavy (non-hydrogen) atoms. The molecule has 0 heterocycles. The van der Waals surface area contributed by atoms with Gasteiger partial charge in [0.25, 0.3) is 0 Å². The van der Waals surface area contributed by atoms with Gasteiger partial charge in [0.2, 0.25) is 5.91 Å². The maximum Gasteiger partial charge on any atom is 0.335 e. The number of fused-ring (bicyclic) bond motifs is 1. The number of carboxylic acid groups (broad SMARTS) is 1. The molecule has 1 aliphatic carbocycles. The van der Waals surface area contributed by atoms with Crippen molar-refractivity contribution in [2.24, 2.45) is 0 Å². The lowest BCUT2D eigenvalue weighted by Crippen LogP contribution is -2.09. The molecule has 0 radical (unpaired) electrons. The minimum Gasteiger partial charge on any atom is -0.478 e. The number of hydrogen-bond donors (Lipinski definition) is 2. The van der Waals surface area contributed by atoms with Gasteiger partial charge in [-0.2, -0.15) is 0 Å². The molecule has 0 fully saturated rings. The van der Waals surface area contributed by atoms with Crippen molar-refractivity contribution in [1.82, 2.24) is 0 Å². The molecule has 0 bridgehead atoms. The van der Waals surface area contributed by atoms with E-state index in [2.05, 4.69) is 29.6 Å². The summed E-state index contributed by atoms with van der Waals surface area (Å²) in [4.78, 5) is 23.0. The smallest absolute Gasteiger partial charge is 0.335 e. The van der Waals surface area contributed by atoms with E-state index in [9.17, 15) is 9.59 Å². The zero-order valence-corrected chi connectivity index (χ0v) is 18.7. The molecular formula is C26H33NO3. The zero-order chi connectivity index (χ0) is 22.5. The summed E-state index contributed by atoms with van der Waals surface area (Å²) < 4.78 is 0. The predicted octanol–water partition coefficient (Wildman–Crippen LogP) is 6.74. The first-order valence-electron chi connectivity index (χ1n) is 10.6. The van der Waals surface area contributed by atoms with E-state index >= 15 is 0 Å². The number of anilines is 1. The average Bonchev–Trinajstić information content (AvgIpc) is 2.77. The molecule has 3 rings (SSSR count). The number of carbonyl (C=O) groups excluding carboxylic acids is 1. The fourth-order valence-electron chi connectivity index (χ4n) is 3.20. The third-order valence-electron chi connectivity index (χ3n) is 4.42. The lowest BCUT2D eigenvalue weighted by molar-refractivity contribution is -0.111. The Morgan fingerprint density at radius 2 is 1.57 bits per heavy atom. The Hall–Kier alpha value is -3.14. The number of carbonyl (C=O) groups is 2. The molecule has 4 heteroatoms. The predicted molar refractivity (Wildman–Crippen MR) is 126 cm³/mol. The van der Waals surface area contributed by atoms with Crippen molar-refractivity contribution in [1.29, 1.82) is 0 Å². The number of benzene rings is 2. The molecule has 0 aliphatic heterocycles. The monoisotopic (exact) mass is 407 g/mol. The van der Waals surface area contributed by atoms with Crippen LogP contribution < -0.4 is 5.32 Å². The van der Waals surface area contributed by atoms with E-state index < -0.39 is 5.97 Å². The highest BCUT2D eigenvalue weighted by molar-refractivity contribution is 6.00. The first-order chi connectivity index (χ1) is 14.5. The van der Waals surface area contributed by atoms with Crippen LogP contribution in [0.5, 0.6) is 0 Å². The van der Waals surface area contributed by atoms with Gasteiger partial charge in [-0.05, 0) is 72.7 Å². The second-order valence-corrected chi connectivity index (χ2v) is 6.44. The molecule has 0 atom stereocenters. The molecule has 0 spiro atoms. The van der Waals surface area contributed by atoms with E-state index in [0.717, 1.165) is 24.8 Å². The first-order valence-corrected chi connectivity index (χ1v) is 10.6. The minimum atomic E-state index is -0.988. The van der Waals surface area contributed by atoms with Crippen molar-refractivity contribution in [2.45, 2.75) is 53.9 Å². The molecule has 160 valence electrons. The maximum atomic E-state index is 12.2. The van der Waals surface area contributed by atoms with Crippen molar-refractivity contribution in [3.8, 4) is 0 Å². The number of allylic oxidation sites excluding steroid dienone is 3. The summed E-state index contributed by atoms with van der Waals surface area (Å²) in [5.74, 6) is -1.22. The molecule has 1 aliphatic rings. The second kappa shape index (κ2) is 13.2. The van der Waals surface area contributed by atoms with Crippen LogP contribution in [0.25, 0.3) is 5.57 Å². The SMILES string of the molecule is CC.CC.CC(=C\C(=O)Nc1ccc(C(=O)O)cc1)/C=C1\CCCc2ccccc21. The summed E-state index contributed by atoms with van der Waals surface area (Å²) in [5, 5.41) is 11.7. The largest absolute Gasteiger partial charge is 0.478 e. The summed E-state index contributed by atoms with van der Waals surface area (Å²) >= 11 is 0. The lowest BCUT2D eigenvalue weighted by Gasteiger charge is -2.19. The highest BCUT2D eigenvalue weighted by Crippen LogP contribution is 2.31. The van der Waals surface area contributed by atoms with Crippen LogP contribution in [0, 0.1) is 0 Å². The van der Waals surface area contributed by atoms with Gasteiger partial charge in [0.15, 0.2) is 0 Å². The first kappa shape index (κ1) is 24.9. The molecule has 1 amide bonds. The number of aryl methyl sites for hydroxylation is 1. The van der Waals surface area contributed by atoms with Crippen LogP contribution in [-0.4, -0.2) is 17.0 Å². The molecule has 2 aromatic rings. The third kappa shape index (κ3) is 7.36. The van der Waals surface area contributed by atoms with Gasteiger partial charge < -0.3 is 10.4 Å². The van der Waals surface area contributed by atoms with E-state index in [1.807, 2.05) is 40.7 Å². The van der Waals surface area contributed by atoms with Crippen LogP contribution in [-0.2, 0) is 11.2 Å². The summed E-state index contributed by atoms with van der Waals surface area (Å²) in [6.45, 7) is 9.91. The Balaban J connectivity index is 0.00000106. The number of hydrogen-bond acceptors (Lipinski definition) is 2. The van der Waals surface area contributed by atoms with E-state index in [1.165, 1.54) is 28.8 Å². The van der Waals surface area contributed by atoms with Crippen molar-refractivity contribution < 1.29 is 14.7 Å². The standard InChI is InChI=1S/C22H21NO3.2C2H6/c1-15(13-18-7-4-6-16-5-2-3-8-20(16)18)14-21(24)23-19-11-9-17(10-12-19)22(25)26;2*1-2/h2-3,5,8-14H,4,6-7H2,1H3,(H,23,24)(H,25,26);2*1-2H3/b15-14+,18-13+;;. The molecule has 0 saturated heterocycles. The highest BCUT2D eigenvalue weighted by atomic mass is 16.4. The van der Waals surface area contributed by atoms with Gasteiger partial charge in [0.1, 0.15) is 0 Å². The van der Waals surface area contributed by atoms with Gasteiger partial charge >= 0.3 is 5.97 Å². The second-order valence-electron chi connectivity index (χ2n) is 6.44. The lowest BCUT2D eigenvalue weighted by atomic mass is 9.86. The van der Waals surface area contributed by atoms with Crippen LogP contribution in [0.15, 0.2) is 66.3 Å². The minimum absolute atomic E-state index is 0.190. The number of rotatable bonds is 4. The van der Waals surface area contributed by atoms with Crippen LogP contribution in [0.1, 0.15) is 68.9 Å². The van der Waals surface area contributed by atoms with Gasteiger partial charge in [-0.15, -0.1) is 0 Å². The molecule has 2 N–H and O–H groups in total. The van der Waals surface area contributed by atoms with E-state index in [0.29, 0.717) is 5.69 Å². The van der Waals surface area contributed by atoms with E-state index in [1.54, 1.807) is 18.2 Å². The van der Waals surface area contributed by atoms with Gasteiger partial charge in [-0.1, -0.05) is 58.0 Å². The van der Waals surface area contributed by atoms with Crippen LogP contribution >= 0.6 is 0 Å². The molecule has 0 saturated carbocycles. The summed E-state index contributed by atoms with van der Waals surface area (Å²) in [6, 6.07) is 14.5. The van der Waals surface area contributed by atoms with E-state index in [4.69, 9.17) is 5.11 Å². The normalized spacial score (nSPS) is 13.8. The number of nitrogens with one attached hydrogen (secondary N) is 1. The van der Waals surface area contributed by atoms with Crippen molar-refractivity contribution in [2.75, 3.05) is 5.32 Å². The van der Waals surface area contributed by atoms with Gasteiger partial charge in [-0.3, -0.25) is 4.79 Å². The Morgan fingerprint density at radius 3 is 2.20 bits per heavy atom. The fourth-order valence-corrected chi connectivity index (χ4v) is 3.20.